The van der Waals surface area contributed by atoms with Crippen molar-refractivity contribution in [1.29, 1.82) is 0 Å². The quantitative estimate of drug-likeness (QED) is 0.453. The summed E-state index contributed by atoms with van der Waals surface area (Å²) < 4.78 is 23.1. The molecule has 9 nitrogen and oxygen atoms in total. The maximum Gasteiger partial charge on any atom is 0.228 e. The van der Waals surface area contributed by atoms with Crippen LogP contribution in [0, 0.1) is 5.92 Å². The fraction of sp³-hybridized carbons (Fsp3) is 0.345. The van der Waals surface area contributed by atoms with Gasteiger partial charge in [0.05, 0.1) is 32.8 Å². The van der Waals surface area contributed by atoms with Crippen molar-refractivity contribution in [2.45, 2.75) is 23.2 Å². The average Bonchev–Trinajstić information content (AvgIpc) is 3.30. The van der Waals surface area contributed by atoms with Crippen molar-refractivity contribution < 1.29 is 39.1 Å². The van der Waals surface area contributed by atoms with Gasteiger partial charge in [-0.2, -0.15) is 0 Å². The van der Waals surface area contributed by atoms with E-state index in [1.54, 1.807) is 38.4 Å². The van der Waals surface area contributed by atoms with Crippen molar-refractivity contribution >= 4 is 5.91 Å². The standard InChI is InChI=1S/C29H31NO8/c1-30(2)27(33)23-24(16-9-7-6-8-10-16)29(17-11-12-20(36-4)19(31)13-17)28(34,26(23)32)25-21(37-5)14-18(35-3)15-22(25)38-29/h6-15,23-24,26,31-32,34H,1-5H3/t23?,24-,26?,28+,29+/m1/s1. The van der Waals surface area contributed by atoms with Crippen LogP contribution in [-0.4, -0.2) is 67.7 Å². The van der Waals surface area contributed by atoms with Crippen molar-refractivity contribution in [3.8, 4) is 28.7 Å². The molecule has 3 aromatic carbocycles. The monoisotopic (exact) mass is 521 g/mol. The first-order valence-electron chi connectivity index (χ1n) is 12.1. The van der Waals surface area contributed by atoms with Gasteiger partial charge in [0.15, 0.2) is 22.7 Å². The Balaban J connectivity index is 1.91. The number of hydrogen-bond acceptors (Lipinski definition) is 8. The van der Waals surface area contributed by atoms with E-state index >= 15 is 0 Å². The first kappa shape index (κ1) is 25.7. The molecule has 3 aromatic rings. The van der Waals surface area contributed by atoms with Crippen molar-refractivity contribution in [2.24, 2.45) is 5.92 Å². The number of aromatic hydroxyl groups is 1. The minimum Gasteiger partial charge on any atom is -0.504 e. The summed E-state index contributed by atoms with van der Waals surface area (Å²) in [5, 5.41) is 35.6. The van der Waals surface area contributed by atoms with E-state index in [1.807, 2.05) is 30.3 Å². The second kappa shape index (κ2) is 9.11. The number of rotatable bonds is 6. The number of phenols is 1. The smallest absolute Gasteiger partial charge is 0.228 e. The number of aliphatic hydroxyl groups is 2. The third-order valence-electron chi connectivity index (χ3n) is 7.77. The van der Waals surface area contributed by atoms with E-state index in [-0.39, 0.29) is 34.5 Å². The summed E-state index contributed by atoms with van der Waals surface area (Å²) in [5.41, 5.74) is -2.72. The van der Waals surface area contributed by atoms with Crippen LogP contribution in [0.4, 0.5) is 0 Å². The zero-order valence-corrected chi connectivity index (χ0v) is 21.8. The molecule has 2 aliphatic rings. The Hall–Kier alpha value is -3.95. The molecule has 2 unspecified atom stereocenters. The fourth-order valence-electron chi connectivity index (χ4n) is 6.16. The van der Waals surface area contributed by atoms with Gasteiger partial charge in [-0.1, -0.05) is 36.4 Å². The Bertz CT molecular complexity index is 1380. The first-order valence-corrected chi connectivity index (χ1v) is 12.1. The van der Waals surface area contributed by atoms with Crippen LogP contribution in [0.25, 0.3) is 0 Å². The highest BCUT2D eigenvalue weighted by Gasteiger charge is 2.78. The van der Waals surface area contributed by atoms with Gasteiger partial charge in [0.25, 0.3) is 0 Å². The van der Waals surface area contributed by atoms with E-state index in [0.29, 0.717) is 16.9 Å². The molecule has 1 amide bonds. The highest BCUT2D eigenvalue weighted by molar-refractivity contribution is 5.83. The zero-order valence-electron chi connectivity index (χ0n) is 21.8. The number of carbonyl (C=O) groups excluding carboxylic acids is 1. The lowest BCUT2D eigenvalue weighted by Crippen LogP contribution is -2.52. The average molecular weight is 522 g/mol. The number of carbonyl (C=O) groups is 1. The van der Waals surface area contributed by atoms with Gasteiger partial charge in [-0.15, -0.1) is 0 Å². The third-order valence-corrected chi connectivity index (χ3v) is 7.77. The van der Waals surface area contributed by atoms with Gasteiger partial charge in [0, 0.05) is 37.7 Å². The minimum atomic E-state index is -2.17. The molecule has 5 rings (SSSR count). The first-order chi connectivity index (χ1) is 18.1. The molecule has 1 aliphatic carbocycles. The predicted octanol–water partition coefficient (Wildman–Crippen LogP) is 2.76. The largest absolute Gasteiger partial charge is 0.504 e. The van der Waals surface area contributed by atoms with Crippen LogP contribution < -0.4 is 18.9 Å². The number of ether oxygens (including phenoxy) is 4. The molecule has 1 saturated carbocycles. The van der Waals surface area contributed by atoms with E-state index in [0.717, 1.165) is 0 Å². The number of nitrogens with zero attached hydrogens (tertiary/aromatic N) is 1. The summed E-state index contributed by atoms with van der Waals surface area (Å²) >= 11 is 0. The Morgan fingerprint density at radius 1 is 0.947 bits per heavy atom. The number of fused-ring (bicyclic) bond motifs is 3. The fourth-order valence-corrected chi connectivity index (χ4v) is 6.16. The predicted molar refractivity (Wildman–Crippen MR) is 138 cm³/mol. The summed E-state index contributed by atoms with van der Waals surface area (Å²) in [4.78, 5) is 15.1. The number of methoxy groups -OCH3 is 3. The molecule has 200 valence electrons. The number of hydrogen-bond donors (Lipinski definition) is 3. The molecule has 0 bridgehead atoms. The van der Waals surface area contributed by atoms with Crippen LogP contribution in [0.5, 0.6) is 28.7 Å². The van der Waals surface area contributed by atoms with Crippen LogP contribution in [0.15, 0.2) is 60.7 Å². The molecular weight excluding hydrogens is 490 g/mol. The second-order valence-corrected chi connectivity index (χ2v) is 9.79. The number of benzene rings is 3. The van der Waals surface area contributed by atoms with Gasteiger partial charge in [-0.05, 0) is 17.7 Å². The highest BCUT2D eigenvalue weighted by atomic mass is 16.5. The summed E-state index contributed by atoms with van der Waals surface area (Å²) in [6, 6.07) is 17.0. The molecule has 1 heterocycles. The Morgan fingerprint density at radius 2 is 1.63 bits per heavy atom. The van der Waals surface area contributed by atoms with Gasteiger partial charge in [0.1, 0.15) is 23.4 Å². The summed E-state index contributed by atoms with van der Waals surface area (Å²) in [7, 11) is 7.56. The number of phenolic OH excluding ortho intramolecular Hbond substituents is 1. The van der Waals surface area contributed by atoms with Crippen molar-refractivity contribution in [3.63, 3.8) is 0 Å². The van der Waals surface area contributed by atoms with Gasteiger partial charge in [-0.25, -0.2) is 0 Å². The van der Waals surface area contributed by atoms with Crippen LogP contribution in [0.3, 0.4) is 0 Å². The Labute approximate surface area is 220 Å². The molecule has 0 saturated heterocycles. The topological polar surface area (TPSA) is 118 Å². The van der Waals surface area contributed by atoms with Crippen LogP contribution in [-0.2, 0) is 16.0 Å². The molecule has 38 heavy (non-hydrogen) atoms. The molecule has 0 spiro atoms. The van der Waals surface area contributed by atoms with E-state index in [4.69, 9.17) is 18.9 Å². The van der Waals surface area contributed by atoms with Gasteiger partial charge in [-0.3, -0.25) is 4.79 Å². The van der Waals surface area contributed by atoms with Crippen molar-refractivity contribution in [1.82, 2.24) is 4.90 Å². The molecule has 0 radical (unpaired) electrons. The van der Waals surface area contributed by atoms with Crippen LogP contribution >= 0.6 is 0 Å². The molecule has 3 N–H and O–H groups in total. The molecule has 0 aromatic heterocycles. The van der Waals surface area contributed by atoms with Gasteiger partial charge < -0.3 is 39.2 Å². The number of amides is 1. The van der Waals surface area contributed by atoms with E-state index in [2.05, 4.69) is 0 Å². The molecular formula is C29H31NO8. The lowest BCUT2D eigenvalue weighted by atomic mass is 9.70. The summed E-state index contributed by atoms with van der Waals surface area (Å²) in [6.45, 7) is 0. The van der Waals surface area contributed by atoms with E-state index < -0.39 is 29.1 Å². The minimum absolute atomic E-state index is 0.186. The maximum atomic E-state index is 13.7. The van der Waals surface area contributed by atoms with Crippen molar-refractivity contribution in [2.75, 3.05) is 35.4 Å². The van der Waals surface area contributed by atoms with Gasteiger partial charge >= 0.3 is 0 Å². The highest BCUT2D eigenvalue weighted by Crippen LogP contribution is 2.70. The second-order valence-electron chi connectivity index (χ2n) is 9.79. The Morgan fingerprint density at radius 3 is 2.21 bits per heavy atom. The van der Waals surface area contributed by atoms with Crippen LogP contribution in [0.2, 0.25) is 0 Å². The normalized spacial score (nSPS) is 27.2. The summed E-state index contributed by atoms with van der Waals surface area (Å²) in [6.07, 6.45) is -1.62. The zero-order chi connectivity index (χ0) is 27.4. The molecule has 9 heteroatoms. The Kier molecular flexibility index (Phi) is 6.16. The van der Waals surface area contributed by atoms with Gasteiger partial charge in [0.2, 0.25) is 5.91 Å². The van der Waals surface area contributed by atoms with Crippen LogP contribution in [0.1, 0.15) is 22.6 Å². The maximum absolute atomic E-state index is 13.7. The molecule has 5 atom stereocenters. The third kappa shape index (κ3) is 3.28. The van der Waals surface area contributed by atoms with E-state index in [9.17, 15) is 20.1 Å². The van der Waals surface area contributed by atoms with Crippen molar-refractivity contribution in [3.05, 3.63) is 77.4 Å². The summed E-state index contributed by atoms with van der Waals surface area (Å²) in [5.74, 6) is -1.46. The SMILES string of the molecule is COc1cc(OC)c2c(c1)O[C@@]1(c3ccc(OC)c(O)c3)[C@H](c3ccccc3)C(C(=O)N(C)C)C(O)[C@@]21O. The molecule has 1 fully saturated rings. The lowest BCUT2D eigenvalue weighted by Gasteiger charge is -2.41. The van der Waals surface area contributed by atoms with E-state index in [1.165, 1.54) is 32.3 Å². The molecule has 1 aliphatic heterocycles. The number of aliphatic hydroxyl groups excluding tert-OH is 1. The lowest BCUT2D eigenvalue weighted by molar-refractivity contribution is -0.156.